The van der Waals surface area contributed by atoms with Gasteiger partial charge in [0.25, 0.3) is 0 Å². The Labute approximate surface area is 181 Å². The predicted molar refractivity (Wildman–Crippen MR) is 121 cm³/mol. The van der Waals surface area contributed by atoms with Crippen LogP contribution in [-0.4, -0.2) is 36.7 Å². The second kappa shape index (κ2) is 8.28. The quantitative estimate of drug-likeness (QED) is 0.652. The van der Waals surface area contributed by atoms with E-state index in [9.17, 15) is 18.0 Å². The number of amides is 1. The summed E-state index contributed by atoms with van der Waals surface area (Å²) < 4.78 is 27.9. The van der Waals surface area contributed by atoms with Gasteiger partial charge in [-0.05, 0) is 68.0 Å². The van der Waals surface area contributed by atoms with Crippen molar-refractivity contribution in [3.63, 3.8) is 0 Å². The molecule has 162 valence electrons. The minimum Gasteiger partial charge on any atom is -0.326 e. The lowest BCUT2D eigenvalue weighted by atomic mass is 9.98. The molecule has 1 amide bonds. The lowest BCUT2D eigenvalue weighted by Gasteiger charge is -2.31. The van der Waals surface area contributed by atoms with E-state index in [-0.39, 0.29) is 22.9 Å². The minimum atomic E-state index is -3.76. The van der Waals surface area contributed by atoms with Crippen LogP contribution in [0, 0.1) is 19.8 Å². The summed E-state index contributed by atoms with van der Waals surface area (Å²) in [7, 11) is -3.76. The molecular formula is C23H25N3O4S. The molecular weight excluding hydrogens is 414 g/mol. The van der Waals surface area contributed by atoms with E-state index in [2.05, 4.69) is 10.3 Å². The number of rotatable bonds is 4. The summed E-state index contributed by atoms with van der Waals surface area (Å²) in [5.74, 6) is -0.580. The van der Waals surface area contributed by atoms with Gasteiger partial charge in [-0.15, -0.1) is 0 Å². The Morgan fingerprint density at radius 1 is 1.10 bits per heavy atom. The smallest absolute Gasteiger partial charge is 0.248 e. The molecule has 1 aliphatic heterocycles. The summed E-state index contributed by atoms with van der Waals surface area (Å²) in [5, 5.41) is 3.59. The number of H-pyrrole nitrogens is 1. The number of hydrogen-bond acceptors (Lipinski definition) is 4. The van der Waals surface area contributed by atoms with Crippen molar-refractivity contribution >= 4 is 32.5 Å². The zero-order chi connectivity index (χ0) is 22.2. The van der Waals surface area contributed by atoms with E-state index in [0.717, 1.165) is 16.8 Å². The van der Waals surface area contributed by atoms with Crippen LogP contribution < -0.4 is 10.9 Å². The molecule has 1 saturated heterocycles. The van der Waals surface area contributed by atoms with Gasteiger partial charge in [0.1, 0.15) is 0 Å². The number of aryl methyl sites for hydroxylation is 2. The number of pyridine rings is 1. The van der Waals surface area contributed by atoms with Crippen LogP contribution in [0.1, 0.15) is 24.0 Å². The third-order valence-electron chi connectivity index (χ3n) is 5.73. The number of nitrogens with zero attached hydrogens (tertiary/aromatic N) is 1. The molecule has 1 fully saturated rings. The summed E-state index contributed by atoms with van der Waals surface area (Å²) in [6.07, 6.45) is 1.26. The number of aromatic amines is 1. The summed E-state index contributed by atoms with van der Waals surface area (Å²) in [6, 6.07) is 13.4. The molecule has 4 rings (SSSR count). The SMILES string of the molecule is Cc1ccc(NC(=O)[C@@H]2CCCN(S(=O)(=O)c3ccc4[nH]c(=O)ccc4c3)C2)c(C)c1. The molecule has 1 aliphatic rings. The summed E-state index contributed by atoms with van der Waals surface area (Å²) in [4.78, 5) is 27.2. The van der Waals surface area contributed by atoms with Gasteiger partial charge in [0.15, 0.2) is 0 Å². The van der Waals surface area contributed by atoms with Gasteiger partial charge in [0, 0.05) is 30.4 Å². The van der Waals surface area contributed by atoms with Gasteiger partial charge < -0.3 is 10.3 Å². The average molecular weight is 440 g/mol. The van der Waals surface area contributed by atoms with Crippen LogP contribution in [0.5, 0.6) is 0 Å². The molecule has 3 aromatic rings. The maximum absolute atomic E-state index is 13.2. The largest absolute Gasteiger partial charge is 0.326 e. The molecule has 0 unspecified atom stereocenters. The van der Waals surface area contributed by atoms with Crippen LogP contribution in [0.4, 0.5) is 5.69 Å². The fourth-order valence-electron chi connectivity index (χ4n) is 4.01. The van der Waals surface area contributed by atoms with Gasteiger partial charge in [-0.3, -0.25) is 9.59 Å². The van der Waals surface area contributed by atoms with Crippen LogP contribution in [0.25, 0.3) is 10.9 Å². The fraction of sp³-hybridized carbons (Fsp3) is 0.304. The monoisotopic (exact) mass is 439 g/mol. The molecule has 1 atom stereocenters. The lowest BCUT2D eigenvalue weighted by Crippen LogP contribution is -2.43. The number of carbonyl (C=O) groups excluding carboxylic acids is 1. The summed E-state index contributed by atoms with van der Waals surface area (Å²) >= 11 is 0. The fourth-order valence-corrected chi connectivity index (χ4v) is 5.57. The first-order valence-corrected chi connectivity index (χ1v) is 11.7. The molecule has 7 nitrogen and oxygen atoms in total. The molecule has 8 heteroatoms. The van der Waals surface area contributed by atoms with E-state index in [1.54, 1.807) is 18.2 Å². The molecule has 2 aromatic carbocycles. The molecule has 0 radical (unpaired) electrons. The minimum absolute atomic E-state index is 0.142. The van der Waals surface area contributed by atoms with Crippen LogP contribution >= 0.6 is 0 Å². The van der Waals surface area contributed by atoms with Crippen LogP contribution in [-0.2, 0) is 14.8 Å². The van der Waals surface area contributed by atoms with Crippen molar-refractivity contribution in [1.29, 1.82) is 0 Å². The highest BCUT2D eigenvalue weighted by molar-refractivity contribution is 7.89. The number of hydrogen-bond donors (Lipinski definition) is 2. The molecule has 1 aromatic heterocycles. The van der Waals surface area contributed by atoms with Gasteiger partial charge in [-0.2, -0.15) is 4.31 Å². The van der Waals surface area contributed by atoms with Crippen molar-refractivity contribution in [2.75, 3.05) is 18.4 Å². The van der Waals surface area contributed by atoms with Gasteiger partial charge in [0.05, 0.1) is 10.8 Å². The topological polar surface area (TPSA) is 99.3 Å². The average Bonchev–Trinajstić information content (AvgIpc) is 2.75. The third-order valence-corrected chi connectivity index (χ3v) is 7.59. The van der Waals surface area contributed by atoms with Crippen molar-refractivity contribution < 1.29 is 13.2 Å². The van der Waals surface area contributed by atoms with Gasteiger partial charge in [0.2, 0.25) is 21.5 Å². The highest BCUT2D eigenvalue weighted by atomic mass is 32.2. The lowest BCUT2D eigenvalue weighted by molar-refractivity contribution is -0.120. The van der Waals surface area contributed by atoms with Gasteiger partial charge >= 0.3 is 0 Å². The number of fused-ring (bicyclic) bond motifs is 1. The number of aromatic nitrogens is 1. The van der Waals surface area contributed by atoms with E-state index in [0.29, 0.717) is 30.3 Å². The Balaban J connectivity index is 1.53. The molecule has 2 N–H and O–H groups in total. The Morgan fingerprint density at radius 3 is 2.68 bits per heavy atom. The molecule has 0 saturated carbocycles. The van der Waals surface area contributed by atoms with E-state index in [1.165, 1.54) is 16.4 Å². The highest BCUT2D eigenvalue weighted by Gasteiger charge is 2.33. The Hall–Kier alpha value is -2.97. The second-order valence-corrected chi connectivity index (χ2v) is 10.0. The Kier molecular flexibility index (Phi) is 5.68. The van der Waals surface area contributed by atoms with Crippen molar-refractivity contribution in [3.8, 4) is 0 Å². The first-order valence-electron chi connectivity index (χ1n) is 10.3. The van der Waals surface area contributed by atoms with E-state index < -0.39 is 15.9 Å². The third kappa shape index (κ3) is 4.40. The molecule has 0 aliphatic carbocycles. The van der Waals surface area contributed by atoms with E-state index >= 15 is 0 Å². The Morgan fingerprint density at radius 2 is 1.90 bits per heavy atom. The van der Waals surface area contributed by atoms with Crippen LogP contribution in [0.2, 0.25) is 0 Å². The number of anilines is 1. The van der Waals surface area contributed by atoms with Crippen molar-refractivity contribution in [2.45, 2.75) is 31.6 Å². The van der Waals surface area contributed by atoms with Crippen molar-refractivity contribution in [3.05, 3.63) is 70.0 Å². The second-order valence-electron chi connectivity index (χ2n) is 8.08. The van der Waals surface area contributed by atoms with Gasteiger partial charge in [-0.1, -0.05) is 17.7 Å². The van der Waals surface area contributed by atoms with Crippen molar-refractivity contribution in [2.24, 2.45) is 5.92 Å². The normalized spacial score (nSPS) is 17.5. The number of sulfonamides is 1. The molecule has 2 heterocycles. The highest BCUT2D eigenvalue weighted by Crippen LogP contribution is 2.27. The van der Waals surface area contributed by atoms with E-state index in [4.69, 9.17) is 0 Å². The summed E-state index contributed by atoms with van der Waals surface area (Å²) in [6.45, 7) is 4.45. The van der Waals surface area contributed by atoms with Crippen LogP contribution in [0.15, 0.2) is 58.2 Å². The predicted octanol–water partition coefficient (Wildman–Crippen LogP) is 3.18. The van der Waals surface area contributed by atoms with Crippen molar-refractivity contribution in [1.82, 2.24) is 9.29 Å². The molecule has 31 heavy (non-hydrogen) atoms. The number of carbonyl (C=O) groups is 1. The molecule has 0 bridgehead atoms. The summed E-state index contributed by atoms with van der Waals surface area (Å²) in [5.41, 5.74) is 3.18. The van der Waals surface area contributed by atoms with Gasteiger partial charge in [-0.25, -0.2) is 8.42 Å². The zero-order valence-electron chi connectivity index (χ0n) is 17.5. The number of piperidine rings is 1. The maximum atomic E-state index is 13.2. The first-order chi connectivity index (χ1) is 14.7. The molecule has 0 spiro atoms. The first kappa shape index (κ1) is 21.3. The maximum Gasteiger partial charge on any atom is 0.248 e. The van der Waals surface area contributed by atoms with Crippen LogP contribution in [0.3, 0.4) is 0 Å². The number of nitrogens with one attached hydrogen (secondary N) is 2. The number of benzene rings is 2. The Bertz CT molecular complexity index is 1310. The zero-order valence-corrected chi connectivity index (χ0v) is 18.3. The van der Waals surface area contributed by atoms with E-state index in [1.807, 2.05) is 32.0 Å². The standard InChI is InChI=1S/C23H25N3O4S/c1-15-5-8-20(16(2)12-15)25-23(28)18-4-3-11-26(14-18)31(29,30)19-7-9-21-17(13-19)6-10-22(27)24-21/h5-10,12-13,18H,3-4,11,14H2,1-2H3,(H,24,27)(H,25,28)/t18-/m1/s1.